The van der Waals surface area contributed by atoms with Gasteiger partial charge in [0.1, 0.15) is 0 Å². The molecular formula is C32H33Cl2FZr-2. The summed E-state index contributed by atoms with van der Waals surface area (Å²) in [6.45, 7) is 11.2. The summed E-state index contributed by atoms with van der Waals surface area (Å²) in [7, 11) is 0. The van der Waals surface area contributed by atoms with E-state index in [1.165, 1.54) is 75.3 Å². The summed E-state index contributed by atoms with van der Waals surface area (Å²) in [5.41, 5.74) is 11.3. The normalized spacial score (nSPS) is 10.8. The molecule has 0 unspecified atom stereocenters. The van der Waals surface area contributed by atoms with Gasteiger partial charge in [0, 0.05) is 0 Å². The van der Waals surface area contributed by atoms with Crippen molar-refractivity contribution in [2.75, 3.05) is 0 Å². The van der Waals surface area contributed by atoms with Gasteiger partial charge < -0.3 is 24.8 Å². The van der Waals surface area contributed by atoms with E-state index in [2.05, 4.69) is 89.2 Å². The monoisotopic (exact) mass is 596 g/mol. The van der Waals surface area contributed by atoms with E-state index in [0.29, 0.717) is 5.41 Å². The van der Waals surface area contributed by atoms with Crippen molar-refractivity contribution in [2.45, 2.75) is 52.9 Å². The van der Waals surface area contributed by atoms with Crippen molar-refractivity contribution >= 4 is 3.71 Å². The Morgan fingerprint density at radius 2 is 1.61 bits per heavy atom. The average Bonchev–Trinajstić information content (AvgIpc) is 3.41. The van der Waals surface area contributed by atoms with E-state index in [9.17, 15) is 4.39 Å². The van der Waals surface area contributed by atoms with Crippen molar-refractivity contribution in [1.82, 2.24) is 0 Å². The summed E-state index contributed by atoms with van der Waals surface area (Å²) < 4.78 is 14.2. The Kier molecular flexibility index (Phi) is 13.3. The van der Waals surface area contributed by atoms with Crippen LogP contribution in [0.25, 0.3) is 11.1 Å². The Morgan fingerprint density at radius 1 is 0.972 bits per heavy atom. The van der Waals surface area contributed by atoms with Crippen molar-refractivity contribution in [2.24, 2.45) is 0 Å². The van der Waals surface area contributed by atoms with Crippen LogP contribution in [0.1, 0.15) is 61.1 Å². The Bertz CT molecular complexity index is 1190. The third-order valence-corrected chi connectivity index (χ3v) is 6.78. The molecule has 0 N–H and O–H groups in total. The molecule has 5 rings (SSSR count). The second-order valence-corrected chi connectivity index (χ2v) is 10.4. The summed E-state index contributed by atoms with van der Waals surface area (Å²) in [6, 6.07) is 29.2. The van der Waals surface area contributed by atoms with Gasteiger partial charge in [0.05, 0.1) is 0 Å². The average molecular weight is 599 g/mol. The first kappa shape index (κ1) is 32.3. The van der Waals surface area contributed by atoms with Gasteiger partial charge in [-0.15, -0.1) is 5.56 Å². The van der Waals surface area contributed by atoms with Gasteiger partial charge in [-0.05, 0) is 6.42 Å². The molecule has 0 spiro atoms. The van der Waals surface area contributed by atoms with Crippen LogP contribution in [-0.2, 0) is 42.5 Å². The van der Waals surface area contributed by atoms with Crippen LogP contribution >= 0.6 is 0 Å². The van der Waals surface area contributed by atoms with Crippen LogP contribution in [-0.4, -0.2) is 3.71 Å². The third-order valence-electron chi connectivity index (χ3n) is 5.96. The summed E-state index contributed by atoms with van der Waals surface area (Å²) in [4.78, 5) is 0. The number of fused-ring (bicyclic) bond motifs is 3. The van der Waals surface area contributed by atoms with Gasteiger partial charge in [-0.25, -0.2) is 6.07 Å². The fraction of sp³-hybridized carbons (Fsp3) is 0.250. The van der Waals surface area contributed by atoms with Crippen LogP contribution in [0, 0.1) is 18.8 Å². The molecule has 0 saturated carbocycles. The molecule has 1 aliphatic rings. The summed E-state index contributed by atoms with van der Waals surface area (Å²) in [6.07, 6.45) is 2.20. The predicted octanol–water partition coefficient (Wildman–Crippen LogP) is 2.16. The Labute approximate surface area is 243 Å². The molecule has 0 fully saturated rings. The van der Waals surface area contributed by atoms with E-state index < -0.39 is 0 Å². The first-order valence-corrected chi connectivity index (χ1v) is 13.3. The smallest absolute Gasteiger partial charge is 0.0253 e. The number of hydrogen-bond donors (Lipinski definition) is 0. The van der Waals surface area contributed by atoms with Crippen LogP contribution in [0.2, 0.25) is 0 Å². The van der Waals surface area contributed by atoms with Gasteiger partial charge in [-0.1, -0.05) is 81.8 Å². The molecule has 0 aromatic heterocycles. The maximum atomic E-state index is 12.2. The molecule has 0 atom stereocenters. The van der Waals surface area contributed by atoms with E-state index in [0.717, 1.165) is 18.4 Å². The second kappa shape index (κ2) is 14.9. The van der Waals surface area contributed by atoms with Gasteiger partial charge in [0.2, 0.25) is 0 Å². The maximum absolute atomic E-state index is 12.2. The Morgan fingerprint density at radius 3 is 2.19 bits per heavy atom. The predicted molar refractivity (Wildman–Crippen MR) is 140 cm³/mol. The first-order chi connectivity index (χ1) is 16.2. The zero-order chi connectivity index (χ0) is 24.7. The van der Waals surface area contributed by atoms with Crippen molar-refractivity contribution < 1.29 is 53.4 Å². The van der Waals surface area contributed by atoms with Crippen molar-refractivity contribution in [3.8, 4) is 11.1 Å². The summed E-state index contributed by atoms with van der Waals surface area (Å²) in [5, 5.41) is 0. The van der Waals surface area contributed by atoms with Crippen molar-refractivity contribution in [3.63, 3.8) is 0 Å². The fourth-order valence-corrected chi connectivity index (χ4v) is 4.73. The fourth-order valence-electron chi connectivity index (χ4n) is 4.26. The Balaban J connectivity index is 0.000000267. The standard InChI is InChI=1S/C13H9.C12H19.C7H5F.2ClH.Zr/c1-3-7-12-10(5-1)9-11-6-2-4-8-13(11)12;1-6-10-7-9(2)8-11(10)12(3,4)5;1-6-2-4-7(8)5-3-6;;;/h1-5,7-8H,9H2;7-8H,6H2,1-5H3;1-5H;2*1H;/q2*-1;;;;+2/p-2. The van der Waals surface area contributed by atoms with Gasteiger partial charge in [0.15, 0.2) is 0 Å². The van der Waals surface area contributed by atoms with Crippen LogP contribution in [0.4, 0.5) is 4.39 Å². The number of hydrogen-bond acceptors (Lipinski definition) is 0. The number of rotatable bonds is 2. The van der Waals surface area contributed by atoms with E-state index >= 15 is 0 Å². The molecule has 0 radical (unpaired) electrons. The van der Waals surface area contributed by atoms with Gasteiger partial charge >= 0.3 is 68.0 Å². The largest absolute Gasteiger partial charge is 1.00 e. The second-order valence-electron chi connectivity index (χ2n) is 9.67. The summed E-state index contributed by atoms with van der Waals surface area (Å²) >= 11 is 1.34. The SMILES string of the molecule is CCc1[cH-]c(C)cc1C(C)(C)C.Fc1ccc([CH]=[Zr+2])cc1.[Cl-].[Cl-].[c-]1cccc2c1Cc1ccccc1-2. The molecule has 0 aliphatic heterocycles. The molecule has 0 heterocycles. The molecule has 36 heavy (non-hydrogen) atoms. The van der Waals surface area contributed by atoms with E-state index in [4.69, 9.17) is 0 Å². The van der Waals surface area contributed by atoms with Gasteiger partial charge in [0.25, 0.3) is 0 Å². The van der Waals surface area contributed by atoms with Crippen LogP contribution in [0.3, 0.4) is 0 Å². The van der Waals surface area contributed by atoms with Crippen LogP contribution in [0.5, 0.6) is 0 Å². The minimum absolute atomic E-state index is 0. The molecule has 1 aliphatic carbocycles. The number of aryl methyl sites for hydroxylation is 2. The number of benzene rings is 3. The minimum Gasteiger partial charge on any atom is -1.00 e. The quantitative estimate of drug-likeness (QED) is 0.274. The summed E-state index contributed by atoms with van der Waals surface area (Å²) in [5.74, 6) is -0.170. The Hall–Kier alpha value is -1.73. The van der Waals surface area contributed by atoms with Crippen LogP contribution < -0.4 is 24.8 Å². The maximum Gasteiger partial charge on any atom is -0.0253 e. The van der Waals surface area contributed by atoms with E-state index in [1.807, 2.05) is 9.78 Å². The van der Waals surface area contributed by atoms with Crippen molar-refractivity contribution in [3.05, 3.63) is 124 Å². The molecular weight excluding hydrogens is 565 g/mol. The molecule has 4 aromatic rings. The minimum atomic E-state index is -0.170. The molecule has 4 aromatic carbocycles. The zero-order valence-corrected chi connectivity index (χ0v) is 25.6. The molecule has 0 bridgehead atoms. The zero-order valence-electron chi connectivity index (χ0n) is 21.6. The van der Waals surface area contributed by atoms with Crippen molar-refractivity contribution in [1.29, 1.82) is 0 Å². The third kappa shape index (κ3) is 8.69. The molecule has 0 nitrogen and oxygen atoms in total. The van der Waals surface area contributed by atoms with E-state index in [1.54, 1.807) is 12.1 Å². The molecule has 188 valence electrons. The first-order valence-electron chi connectivity index (χ1n) is 11.8. The topological polar surface area (TPSA) is 0 Å². The molecule has 0 amide bonds. The van der Waals surface area contributed by atoms with Gasteiger partial charge in [-0.2, -0.15) is 52.6 Å². The number of halogens is 3. The molecule has 4 heteroatoms. The molecule has 0 saturated heterocycles. The van der Waals surface area contributed by atoms with Crippen LogP contribution in [0.15, 0.2) is 78.9 Å². The van der Waals surface area contributed by atoms with E-state index in [-0.39, 0.29) is 30.6 Å². The van der Waals surface area contributed by atoms with Gasteiger partial charge in [-0.3, -0.25) is 0 Å².